The van der Waals surface area contributed by atoms with E-state index in [4.69, 9.17) is 11.6 Å². The lowest BCUT2D eigenvalue weighted by Gasteiger charge is -2.26. The molecule has 1 N–H and O–H groups in total. The summed E-state index contributed by atoms with van der Waals surface area (Å²) < 4.78 is 0. The third-order valence-electron chi connectivity index (χ3n) is 4.67. The van der Waals surface area contributed by atoms with Crippen molar-refractivity contribution < 1.29 is 0 Å². The second kappa shape index (κ2) is 7.20. The summed E-state index contributed by atoms with van der Waals surface area (Å²) in [6, 6.07) is 6.84. The van der Waals surface area contributed by atoms with E-state index < -0.39 is 0 Å². The van der Waals surface area contributed by atoms with Crippen LogP contribution < -0.4 is 5.32 Å². The lowest BCUT2D eigenvalue weighted by Crippen LogP contribution is -2.25. The van der Waals surface area contributed by atoms with Gasteiger partial charge in [0.15, 0.2) is 0 Å². The normalized spacial score (nSPS) is 22.9. The summed E-state index contributed by atoms with van der Waals surface area (Å²) in [5, 5.41) is 4.62. The van der Waals surface area contributed by atoms with Crippen LogP contribution in [-0.4, -0.2) is 12.3 Å². The summed E-state index contributed by atoms with van der Waals surface area (Å²) in [7, 11) is 0. The standard InChI is InChI=1S/C17H24ClNS/c18-14-7-8-17-15(12-14)16(9-11-20-17)19-10-3-6-13-4-1-2-5-13/h7-8,12-13,16,19H,1-6,9-11H2. The highest BCUT2D eigenvalue weighted by atomic mass is 35.5. The molecule has 2 aliphatic rings. The van der Waals surface area contributed by atoms with Gasteiger partial charge in [0.2, 0.25) is 0 Å². The lowest BCUT2D eigenvalue weighted by atomic mass is 10.0. The van der Waals surface area contributed by atoms with Gasteiger partial charge in [-0.25, -0.2) is 0 Å². The molecule has 0 radical (unpaired) electrons. The molecule has 1 unspecified atom stereocenters. The van der Waals surface area contributed by atoms with E-state index in [1.54, 1.807) is 0 Å². The molecule has 1 fully saturated rings. The van der Waals surface area contributed by atoms with Gasteiger partial charge in [-0.3, -0.25) is 0 Å². The van der Waals surface area contributed by atoms with E-state index in [-0.39, 0.29) is 0 Å². The van der Waals surface area contributed by atoms with E-state index in [2.05, 4.69) is 17.4 Å². The minimum Gasteiger partial charge on any atom is -0.310 e. The molecule has 1 atom stereocenters. The molecule has 20 heavy (non-hydrogen) atoms. The molecule has 110 valence electrons. The van der Waals surface area contributed by atoms with Crippen LogP contribution in [0.1, 0.15) is 56.6 Å². The Labute approximate surface area is 131 Å². The molecule has 1 aromatic carbocycles. The van der Waals surface area contributed by atoms with Crippen LogP contribution in [-0.2, 0) is 0 Å². The second-order valence-electron chi connectivity index (χ2n) is 6.12. The van der Waals surface area contributed by atoms with Gasteiger partial charge >= 0.3 is 0 Å². The van der Waals surface area contributed by atoms with E-state index in [0.717, 1.165) is 17.5 Å². The quantitative estimate of drug-likeness (QED) is 0.727. The highest BCUT2D eigenvalue weighted by Crippen LogP contribution is 2.37. The minimum absolute atomic E-state index is 0.508. The molecule has 3 rings (SSSR count). The maximum atomic E-state index is 6.15. The summed E-state index contributed by atoms with van der Waals surface area (Å²) in [5.41, 5.74) is 1.41. The van der Waals surface area contributed by atoms with E-state index in [9.17, 15) is 0 Å². The zero-order chi connectivity index (χ0) is 13.8. The third-order valence-corrected chi connectivity index (χ3v) is 6.02. The fourth-order valence-electron chi connectivity index (χ4n) is 3.54. The Morgan fingerprint density at radius 2 is 2.05 bits per heavy atom. The van der Waals surface area contributed by atoms with Crippen LogP contribution in [0.2, 0.25) is 5.02 Å². The number of fused-ring (bicyclic) bond motifs is 1. The Kier molecular flexibility index (Phi) is 5.30. The average Bonchev–Trinajstić information content (AvgIpc) is 2.97. The van der Waals surface area contributed by atoms with Crippen LogP contribution in [0, 0.1) is 5.92 Å². The van der Waals surface area contributed by atoms with Gasteiger partial charge in [-0.1, -0.05) is 37.3 Å². The third kappa shape index (κ3) is 3.72. The Balaban J connectivity index is 1.49. The van der Waals surface area contributed by atoms with E-state index >= 15 is 0 Å². The van der Waals surface area contributed by atoms with Gasteiger partial charge in [-0.05, 0) is 61.2 Å². The molecule has 1 saturated carbocycles. The molecule has 1 heterocycles. The molecule has 0 saturated heterocycles. The van der Waals surface area contributed by atoms with Crippen molar-refractivity contribution in [3.8, 4) is 0 Å². The molecule has 0 spiro atoms. The molecule has 1 aliphatic heterocycles. The Hall–Kier alpha value is -0.180. The van der Waals surface area contributed by atoms with Crippen molar-refractivity contribution in [2.24, 2.45) is 5.92 Å². The monoisotopic (exact) mass is 309 g/mol. The number of hydrogen-bond acceptors (Lipinski definition) is 2. The molecule has 1 aromatic rings. The van der Waals surface area contributed by atoms with Crippen molar-refractivity contribution in [3.05, 3.63) is 28.8 Å². The van der Waals surface area contributed by atoms with Crippen LogP contribution >= 0.6 is 23.4 Å². The molecule has 1 nitrogen and oxygen atoms in total. The number of nitrogens with one attached hydrogen (secondary N) is 1. The molecule has 0 amide bonds. The van der Waals surface area contributed by atoms with Gasteiger partial charge in [0, 0.05) is 16.0 Å². The number of benzene rings is 1. The van der Waals surface area contributed by atoms with E-state index in [0.29, 0.717) is 6.04 Å². The molecular weight excluding hydrogens is 286 g/mol. The van der Waals surface area contributed by atoms with Gasteiger partial charge in [0.05, 0.1) is 0 Å². The van der Waals surface area contributed by atoms with Crippen LogP contribution in [0.25, 0.3) is 0 Å². The SMILES string of the molecule is Clc1ccc2c(c1)C(NCCCC1CCCC1)CCS2. The van der Waals surface area contributed by atoms with Crippen molar-refractivity contribution >= 4 is 23.4 Å². The Morgan fingerprint density at radius 3 is 2.90 bits per heavy atom. The number of hydrogen-bond donors (Lipinski definition) is 1. The van der Waals surface area contributed by atoms with Crippen molar-refractivity contribution in [1.82, 2.24) is 5.32 Å². The minimum atomic E-state index is 0.508. The summed E-state index contributed by atoms with van der Waals surface area (Å²) in [6.45, 7) is 1.15. The summed E-state index contributed by atoms with van der Waals surface area (Å²) >= 11 is 8.11. The summed E-state index contributed by atoms with van der Waals surface area (Å²) in [4.78, 5) is 1.41. The summed E-state index contributed by atoms with van der Waals surface area (Å²) in [5.74, 6) is 2.23. The Morgan fingerprint density at radius 1 is 1.20 bits per heavy atom. The maximum absolute atomic E-state index is 6.15. The van der Waals surface area contributed by atoms with Crippen molar-refractivity contribution in [2.45, 2.75) is 55.9 Å². The molecule has 1 aliphatic carbocycles. The molecular formula is C17H24ClNS. The number of halogens is 1. The zero-order valence-corrected chi connectivity index (χ0v) is 13.6. The fourth-order valence-corrected chi connectivity index (χ4v) is 4.83. The van der Waals surface area contributed by atoms with Crippen LogP contribution in [0.5, 0.6) is 0 Å². The first kappa shape index (κ1) is 14.7. The fraction of sp³-hybridized carbons (Fsp3) is 0.647. The van der Waals surface area contributed by atoms with E-state index in [1.165, 1.54) is 61.2 Å². The molecule has 0 bridgehead atoms. The highest BCUT2D eigenvalue weighted by molar-refractivity contribution is 7.99. The zero-order valence-electron chi connectivity index (χ0n) is 12.0. The van der Waals surface area contributed by atoms with Crippen LogP contribution in [0.3, 0.4) is 0 Å². The number of rotatable bonds is 5. The van der Waals surface area contributed by atoms with Crippen molar-refractivity contribution in [1.29, 1.82) is 0 Å². The first-order valence-electron chi connectivity index (χ1n) is 7.98. The van der Waals surface area contributed by atoms with Crippen LogP contribution in [0.4, 0.5) is 0 Å². The first-order chi connectivity index (χ1) is 9.83. The van der Waals surface area contributed by atoms with Gasteiger partial charge in [0.1, 0.15) is 0 Å². The average molecular weight is 310 g/mol. The smallest absolute Gasteiger partial charge is 0.0410 e. The largest absolute Gasteiger partial charge is 0.310 e. The van der Waals surface area contributed by atoms with Gasteiger partial charge in [0.25, 0.3) is 0 Å². The van der Waals surface area contributed by atoms with Gasteiger partial charge in [-0.15, -0.1) is 11.8 Å². The predicted molar refractivity (Wildman–Crippen MR) is 88.7 cm³/mol. The second-order valence-corrected chi connectivity index (χ2v) is 7.69. The number of thioether (sulfide) groups is 1. The topological polar surface area (TPSA) is 12.0 Å². The lowest BCUT2D eigenvalue weighted by molar-refractivity contribution is 0.441. The Bertz CT molecular complexity index is 443. The predicted octanol–water partition coefficient (Wildman–Crippen LogP) is 5.44. The van der Waals surface area contributed by atoms with Crippen LogP contribution in [0.15, 0.2) is 23.1 Å². The molecule has 0 aromatic heterocycles. The van der Waals surface area contributed by atoms with Gasteiger partial charge in [-0.2, -0.15) is 0 Å². The van der Waals surface area contributed by atoms with Crippen molar-refractivity contribution in [3.63, 3.8) is 0 Å². The highest BCUT2D eigenvalue weighted by Gasteiger charge is 2.20. The molecule has 3 heteroatoms. The first-order valence-corrected chi connectivity index (χ1v) is 9.35. The van der Waals surface area contributed by atoms with Crippen molar-refractivity contribution in [2.75, 3.05) is 12.3 Å². The summed E-state index contributed by atoms with van der Waals surface area (Å²) in [6.07, 6.45) is 9.83. The maximum Gasteiger partial charge on any atom is 0.0410 e. The van der Waals surface area contributed by atoms with E-state index in [1.807, 2.05) is 17.8 Å². The van der Waals surface area contributed by atoms with Gasteiger partial charge < -0.3 is 5.32 Å².